The molecule has 0 radical (unpaired) electrons. The lowest BCUT2D eigenvalue weighted by atomic mass is 9.92. The molecule has 0 saturated carbocycles. The lowest BCUT2D eigenvalue weighted by Gasteiger charge is -2.22. The number of rotatable bonds is 6. The van der Waals surface area contributed by atoms with Crippen LogP contribution in [0.25, 0.3) is 0 Å². The number of para-hydroxylation sites is 1. The molecule has 0 aliphatic carbocycles. The van der Waals surface area contributed by atoms with Crippen molar-refractivity contribution in [3.8, 4) is 5.75 Å². The Labute approximate surface area is 162 Å². The van der Waals surface area contributed by atoms with Crippen LogP contribution in [0.15, 0.2) is 48.5 Å². The van der Waals surface area contributed by atoms with E-state index >= 15 is 0 Å². The first-order valence-electron chi connectivity index (χ1n) is 8.39. The third-order valence-electron chi connectivity index (χ3n) is 4.55. The van der Waals surface area contributed by atoms with Crippen LogP contribution in [-0.2, 0) is 11.2 Å². The molecule has 1 aliphatic heterocycles. The minimum atomic E-state index is -1.15. The zero-order valence-corrected chi connectivity index (χ0v) is 15.7. The highest BCUT2D eigenvalue weighted by Gasteiger charge is 2.48. The van der Waals surface area contributed by atoms with Crippen LogP contribution < -0.4 is 10.1 Å². The third kappa shape index (κ3) is 3.80. The molecular weight excluding hydrogens is 368 g/mol. The van der Waals surface area contributed by atoms with Gasteiger partial charge in [-0.05, 0) is 42.8 Å². The molecule has 3 rings (SSSR count). The van der Waals surface area contributed by atoms with Gasteiger partial charge in [-0.3, -0.25) is 14.5 Å². The number of Topliss-reactive ketones (excluding diaryl/α,β-unsaturated/α-hetero) is 1. The van der Waals surface area contributed by atoms with Gasteiger partial charge in [-0.15, -0.1) is 0 Å². The van der Waals surface area contributed by atoms with Crippen LogP contribution in [-0.4, -0.2) is 41.8 Å². The maximum absolute atomic E-state index is 12.9. The second-order valence-corrected chi connectivity index (χ2v) is 7.01. The highest BCUT2D eigenvalue weighted by molar-refractivity contribution is 6.30. The molecule has 2 aromatic carbocycles. The number of nitrogens with one attached hydrogen (secondary N) is 1. The molecule has 1 fully saturated rings. The highest BCUT2D eigenvalue weighted by atomic mass is 35.5. The lowest BCUT2D eigenvalue weighted by Crippen LogP contribution is -2.46. The first-order valence-corrected chi connectivity index (χ1v) is 8.76. The van der Waals surface area contributed by atoms with Crippen molar-refractivity contribution in [3.63, 3.8) is 0 Å². The van der Waals surface area contributed by atoms with Crippen molar-refractivity contribution in [1.29, 1.82) is 0 Å². The van der Waals surface area contributed by atoms with Gasteiger partial charge in [0.25, 0.3) is 5.91 Å². The number of carbonyl (C=O) groups is 3. The normalized spacial score (nSPS) is 19.1. The number of carbonyl (C=O) groups excluding carboxylic acids is 3. The summed E-state index contributed by atoms with van der Waals surface area (Å²) in [6, 6.07) is 13.0. The predicted molar refractivity (Wildman–Crippen MR) is 101 cm³/mol. The van der Waals surface area contributed by atoms with Crippen LogP contribution in [0.4, 0.5) is 4.79 Å². The summed E-state index contributed by atoms with van der Waals surface area (Å²) in [7, 11) is 1.55. The van der Waals surface area contributed by atoms with Crippen LogP contribution in [0.1, 0.15) is 22.8 Å². The Balaban J connectivity index is 1.77. The number of hydrogen-bond donors (Lipinski definition) is 1. The number of imide groups is 1. The van der Waals surface area contributed by atoms with Gasteiger partial charge in [0.05, 0.1) is 13.7 Å². The van der Waals surface area contributed by atoms with E-state index in [4.69, 9.17) is 16.3 Å². The van der Waals surface area contributed by atoms with Gasteiger partial charge in [0.2, 0.25) is 0 Å². The first-order chi connectivity index (χ1) is 12.8. The van der Waals surface area contributed by atoms with E-state index in [1.165, 1.54) is 0 Å². The van der Waals surface area contributed by atoms with E-state index in [-0.39, 0.29) is 18.7 Å². The number of amides is 3. The molecule has 7 heteroatoms. The van der Waals surface area contributed by atoms with E-state index in [2.05, 4.69) is 5.32 Å². The summed E-state index contributed by atoms with van der Waals surface area (Å²) >= 11 is 5.82. The van der Waals surface area contributed by atoms with Gasteiger partial charge >= 0.3 is 6.03 Å². The van der Waals surface area contributed by atoms with Crippen molar-refractivity contribution in [3.05, 3.63) is 64.7 Å². The fourth-order valence-corrected chi connectivity index (χ4v) is 3.24. The molecule has 27 heavy (non-hydrogen) atoms. The summed E-state index contributed by atoms with van der Waals surface area (Å²) in [6.07, 6.45) is 0.257. The maximum atomic E-state index is 12.9. The molecule has 1 saturated heterocycles. The average Bonchev–Trinajstić information content (AvgIpc) is 2.85. The summed E-state index contributed by atoms with van der Waals surface area (Å²) < 4.78 is 5.32. The third-order valence-corrected chi connectivity index (χ3v) is 4.80. The van der Waals surface area contributed by atoms with Crippen molar-refractivity contribution < 1.29 is 19.1 Å². The van der Waals surface area contributed by atoms with Crippen molar-refractivity contribution in [2.24, 2.45) is 0 Å². The smallest absolute Gasteiger partial charge is 0.325 e. The molecule has 2 aromatic rings. The van der Waals surface area contributed by atoms with E-state index < -0.39 is 17.5 Å². The molecular formula is C20H19ClN2O4. The number of methoxy groups -OCH3 is 1. The Bertz CT molecular complexity index is 897. The monoisotopic (exact) mass is 386 g/mol. The lowest BCUT2D eigenvalue weighted by molar-refractivity contribution is -0.130. The Kier molecular flexibility index (Phi) is 5.19. The van der Waals surface area contributed by atoms with E-state index in [0.29, 0.717) is 16.3 Å². The first kappa shape index (κ1) is 18.9. The van der Waals surface area contributed by atoms with Gasteiger partial charge < -0.3 is 10.1 Å². The number of halogens is 1. The summed E-state index contributed by atoms with van der Waals surface area (Å²) in [6.45, 7) is 1.32. The standard InChI is InChI=1S/C20H19ClN2O4/c1-20(11-14-5-3-4-6-17(14)27-2)18(25)23(19(26)22-20)12-16(24)13-7-9-15(21)10-8-13/h3-10H,11-12H2,1-2H3,(H,22,26)/t20-/m0/s1. The predicted octanol–water partition coefficient (Wildman–Crippen LogP) is 3.08. The van der Waals surface area contributed by atoms with E-state index in [1.807, 2.05) is 18.2 Å². The number of urea groups is 1. The zero-order chi connectivity index (χ0) is 19.6. The number of nitrogens with zero attached hydrogens (tertiary/aromatic N) is 1. The van der Waals surface area contributed by atoms with Crippen LogP contribution in [0, 0.1) is 0 Å². The summed E-state index contributed by atoms with van der Waals surface area (Å²) in [5, 5.41) is 3.21. The Morgan fingerprint density at radius 1 is 1.15 bits per heavy atom. The molecule has 0 bridgehead atoms. The largest absolute Gasteiger partial charge is 0.496 e. The fraction of sp³-hybridized carbons (Fsp3) is 0.250. The topological polar surface area (TPSA) is 75.7 Å². The molecule has 6 nitrogen and oxygen atoms in total. The summed E-state index contributed by atoms with van der Waals surface area (Å²) in [4.78, 5) is 38.6. The zero-order valence-electron chi connectivity index (χ0n) is 15.0. The van der Waals surface area contributed by atoms with Gasteiger partial charge in [0.15, 0.2) is 5.78 Å². The van der Waals surface area contributed by atoms with Crippen LogP contribution in [0.3, 0.4) is 0 Å². The van der Waals surface area contributed by atoms with Crippen molar-refractivity contribution in [2.75, 3.05) is 13.7 Å². The summed E-state index contributed by atoms with van der Waals surface area (Å²) in [5.74, 6) is -0.145. The van der Waals surface area contributed by atoms with Gasteiger partial charge in [-0.1, -0.05) is 29.8 Å². The van der Waals surface area contributed by atoms with Crippen LogP contribution in [0.5, 0.6) is 5.75 Å². The number of ether oxygens (including phenoxy) is 1. The molecule has 3 amide bonds. The van der Waals surface area contributed by atoms with Crippen LogP contribution >= 0.6 is 11.6 Å². The molecule has 1 N–H and O–H groups in total. The summed E-state index contributed by atoms with van der Waals surface area (Å²) in [5.41, 5.74) is 0.0341. The average molecular weight is 387 g/mol. The molecule has 140 valence electrons. The van der Waals surface area contributed by atoms with Gasteiger partial charge in [-0.25, -0.2) is 4.79 Å². The molecule has 1 aliphatic rings. The molecule has 1 atom stereocenters. The van der Waals surface area contributed by atoms with E-state index in [0.717, 1.165) is 10.5 Å². The maximum Gasteiger partial charge on any atom is 0.325 e. The Morgan fingerprint density at radius 2 is 1.81 bits per heavy atom. The van der Waals surface area contributed by atoms with Crippen molar-refractivity contribution >= 4 is 29.3 Å². The van der Waals surface area contributed by atoms with E-state index in [9.17, 15) is 14.4 Å². The Hall–Kier alpha value is -2.86. The minimum absolute atomic E-state index is 0.257. The molecule has 1 heterocycles. The van der Waals surface area contributed by atoms with Crippen molar-refractivity contribution in [1.82, 2.24) is 10.2 Å². The SMILES string of the molecule is COc1ccccc1C[C@]1(C)NC(=O)N(CC(=O)c2ccc(Cl)cc2)C1=O. The molecule has 0 aromatic heterocycles. The molecule has 0 spiro atoms. The highest BCUT2D eigenvalue weighted by Crippen LogP contribution is 2.27. The quantitative estimate of drug-likeness (QED) is 0.611. The minimum Gasteiger partial charge on any atom is -0.496 e. The number of benzene rings is 2. The second kappa shape index (κ2) is 7.40. The van der Waals surface area contributed by atoms with Crippen molar-refractivity contribution in [2.45, 2.75) is 18.9 Å². The van der Waals surface area contributed by atoms with E-state index in [1.54, 1.807) is 44.4 Å². The second-order valence-electron chi connectivity index (χ2n) is 6.57. The molecule has 0 unspecified atom stereocenters. The van der Waals surface area contributed by atoms with Gasteiger partial charge in [-0.2, -0.15) is 0 Å². The number of hydrogen-bond acceptors (Lipinski definition) is 4. The van der Waals surface area contributed by atoms with Crippen LogP contribution in [0.2, 0.25) is 5.02 Å². The van der Waals surface area contributed by atoms with Gasteiger partial charge in [0.1, 0.15) is 11.3 Å². The number of ketones is 1. The van der Waals surface area contributed by atoms with Gasteiger partial charge in [0, 0.05) is 17.0 Å². The fourth-order valence-electron chi connectivity index (χ4n) is 3.11. The Morgan fingerprint density at radius 3 is 2.48 bits per heavy atom.